The van der Waals surface area contributed by atoms with Crippen LogP contribution >= 0.6 is 0 Å². The molecule has 0 amide bonds. The molecule has 0 fully saturated rings. The molecule has 0 aliphatic heterocycles. The van der Waals surface area contributed by atoms with E-state index in [1.807, 2.05) is 6.92 Å². The first-order valence-corrected chi connectivity index (χ1v) is 3.23. The standard InChI is InChI=1S/C8H9NO2/c1-6-3-7(5-10)8(11-2)4-9-6/h3-5H,1-2H3. The van der Waals surface area contributed by atoms with Crippen LogP contribution in [0.5, 0.6) is 5.75 Å². The van der Waals surface area contributed by atoms with Crippen LogP contribution in [-0.2, 0) is 0 Å². The zero-order valence-electron chi connectivity index (χ0n) is 6.50. The predicted molar refractivity (Wildman–Crippen MR) is 40.9 cm³/mol. The first-order chi connectivity index (χ1) is 5.27. The molecule has 0 saturated heterocycles. The minimum atomic E-state index is 0.519. The van der Waals surface area contributed by atoms with Crippen molar-refractivity contribution < 1.29 is 9.53 Å². The van der Waals surface area contributed by atoms with Crippen molar-refractivity contribution in [1.82, 2.24) is 4.98 Å². The zero-order valence-corrected chi connectivity index (χ0v) is 6.50. The van der Waals surface area contributed by atoms with Crippen molar-refractivity contribution in [3.05, 3.63) is 23.5 Å². The Bertz CT molecular complexity index is 271. The van der Waals surface area contributed by atoms with Gasteiger partial charge >= 0.3 is 0 Å². The number of aryl methyl sites for hydroxylation is 1. The van der Waals surface area contributed by atoms with Crippen molar-refractivity contribution in [1.29, 1.82) is 0 Å². The highest BCUT2D eigenvalue weighted by molar-refractivity contribution is 5.79. The Balaban J connectivity index is 3.16. The first kappa shape index (κ1) is 7.72. The quantitative estimate of drug-likeness (QED) is 0.596. The molecule has 3 heteroatoms. The summed E-state index contributed by atoms with van der Waals surface area (Å²) in [5.41, 5.74) is 1.35. The third-order valence-corrected chi connectivity index (χ3v) is 1.38. The molecular weight excluding hydrogens is 142 g/mol. The highest BCUT2D eigenvalue weighted by Gasteiger charge is 2.00. The Kier molecular flexibility index (Phi) is 2.21. The highest BCUT2D eigenvalue weighted by Crippen LogP contribution is 2.14. The van der Waals surface area contributed by atoms with Gasteiger partial charge < -0.3 is 4.74 Å². The number of ether oxygens (including phenoxy) is 1. The van der Waals surface area contributed by atoms with Gasteiger partial charge in [0.25, 0.3) is 0 Å². The fraction of sp³-hybridized carbons (Fsp3) is 0.250. The molecule has 0 spiro atoms. The molecule has 0 aromatic carbocycles. The van der Waals surface area contributed by atoms with Crippen LogP contribution in [0, 0.1) is 6.92 Å². The van der Waals surface area contributed by atoms with Gasteiger partial charge in [0, 0.05) is 5.69 Å². The summed E-state index contributed by atoms with van der Waals surface area (Å²) in [6.45, 7) is 1.83. The van der Waals surface area contributed by atoms with E-state index < -0.39 is 0 Å². The second kappa shape index (κ2) is 3.14. The summed E-state index contributed by atoms with van der Waals surface area (Å²) < 4.78 is 4.90. The smallest absolute Gasteiger partial charge is 0.153 e. The summed E-state index contributed by atoms with van der Waals surface area (Å²) in [6, 6.07) is 1.69. The van der Waals surface area contributed by atoms with Crippen LogP contribution in [0.3, 0.4) is 0 Å². The van der Waals surface area contributed by atoms with Crippen LogP contribution in [0.1, 0.15) is 16.1 Å². The first-order valence-electron chi connectivity index (χ1n) is 3.23. The van der Waals surface area contributed by atoms with Crippen LogP contribution in [0.15, 0.2) is 12.3 Å². The number of aldehydes is 1. The molecule has 1 aromatic rings. The van der Waals surface area contributed by atoms with E-state index in [0.29, 0.717) is 11.3 Å². The highest BCUT2D eigenvalue weighted by atomic mass is 16.5. The fourth-order valence-electron chi connectivity index (χ4n) is 0.831. The number of rotatable bonds is 2. The lowest BCUT2D eigenvalue weighted by Crippen LogP contribution is -1.92. The normalized spacial score (nSPS) is 9.27. The fourth-order valence-corrected chi connectivity index (χ4v) is 0.831. The molecule has 0 unspecified atom stereocenters. The van der Waals surface area contributed by atoms with Gasteiger partial charge in [-0.05, 0) is 13.0 Å². The number of carbonyl (C=O) groups excluding carboxylic acids is 1. The van der Waals surface area contributed by atoms with Crippen molar-refractivity contribution in [2.24, 2.45) is 0 Å². The van der Waals surface area contributed by atoms with Gasteiger partial charge in [-0.15, -0.1) is 0 Å². The lowest BCUT2D eigenvalue weighted by molar-refractivity contribution is 0.112. The van der Waals surface area contributed by atoms with Gasteiger partial charge in [0.1, 0.15) is 5.75 Å². The summed E-state index contributed by atoms with van der Waals surface area (Å²) in [4.78, 5) is 14.4. The molecule has 58 valence electrons. The van der Waals surface area contributed by atoms with E-state index >= 15 is 0 Å². The summed E-state index contributed by atoms with van der Waals surface area (Å²) in [5, 5.41) is 0. The van der Waals surface area contributed by atoms with Gasteiger partial charge in [0.15, 0.2) is 6.29 Å². The Morgan fingerprint density at radius 2 is 2.36 bits per heavy atom. The van der Waals surface area contributed by atoms with Gasteiger partial charge in [0.2, 0.25) is 0 Å². The lowest BCUT2D eigenvalue weighted by atomic mass is 10.2. The molecule has 0 bridgehead atoms. The van der Waals surface area contributed by atoms with Crippen molar-refractivity contribution >= 4 is 6.29 Å². The largest absolute Gasteiger partial charge is 0.494 e. The van der Waals surface area contributed by atoms with E-state index in [9.17, 15) is 4.79 Å². The Hall–Kier alpha value is -1.38. The topological polar surface area (TPSA) is 39.2 Å². The minimum Gasteiger partial charge on any atom is -0.494 e. The molecule has 11 heavy (non-hydrogen) atoms. The molecule has 1 aromatic heterocycles. The SMILES string of the molecule is COc1cnc(C)cc1C=O. The number of methoxy groups -OCH3 is 1. The second-order valence-electron chi connectivity index (χ2n) is 2.19. The van der Waals surface area contributed by atoms with Crippen molar-refractivity contribution in [2.75, 3.05) is 7.11 Å². The predicted octanol–water partition coefficient (Wildman–Crippen LogP) is 1.21. The third-order valence-electron chi connectivity index (χ3n) is 1.38. The van der Waals surface area contributed by atoms with E-state index in [0.717, 1.165) is 12.0 Å². The van der Waals surface area contributed by atoms with Gasteiger partial charge in [-0.2, -0.15) is 0 Å². The molecule has 0 N–H and O–H groups in total. The maximum atomic E-state index is 10.4. The van der Waals surface area contributed by atoms with Gasteiger partial charge in [0.05, 0.1) is 18.9 Å². The lowest BCUT2D eigenvalue weighted by Gasteiger charge is -2.01. The molecule has 1 rings (SSSR count). The Labute approximate surface area is 65.0 Å². The molecule has 0 radical (unpaired) electrons. The Morgan fingerprint density at radius 3 is 2.91 bits per heavy atom. The number of hydrogen-bond donors (Lipinski definition) is 0. The van der Waals surface area contributed by atoms with E-state index in [1.54, 1.807) is 12.3 Å². The maximum Gasteiger partial charge on any atom is 0.153 e. The van der Waals surface area contributed by atoms with Crippen molar-refractivity contribution in [3.63, 3.8) is 0 Å². The molecule has 0 aliphatic carbocycles. The molecule has 1 heterocycles. The number of pyridine rings is 1. The van der Waals surface area contributed by atoms with Crippen molar-refractivity contribution in [2.45, 2.75) is 6.92 Å². The zero-order chi connectivity index (χ0) is 8.27. The number of nitrogens with zero attached hydrogens (tertiary/aromatic N) is 1. The van der Waals surface area contributed by atoms with Crippen LogP contribution < -0.4 is 4.74 Å². The van der Waals surface area contributed by atoms with Crippen molar-refractivity contribution in [3.8, 4) is 5.75 Å². The summed E-state index contributed by atoms with van der Waals surface area (Å²) in [6.07, 6.45) is 2.30. The average molecular weight is 151 g/mol. The van der Waals surface area contributed by atoms with Crippen LogP contribution in [0.25, 0.3) is 0 Å². The van der Waals surface area contributed by atoms with E-state index in [1.165, 1.54) is 7.11 Å². The molecule has 0 aliphatic rings. The van der Waals surface area contributed by atoms with Crippen LogP contribution in [0.2, 0.25) is 0 Å². The number of aromatic nitrogens is 1. The van der Waals surface area contributed by atoms with E-state index in [4.69, 9.17) is 4.74 Å². The van der Waals surface area contributed by atoms with Gasteiger partial charge in [-0.1, -0.05) is 0 Å². The molecule has 0 saturated carbocycles. The van der Waals surface area contributed by atoms with Crippen LogP contribution in [-0.4, -0.2) is 18.4 Å². The minimum absolute atomic E-state index is 0.519. The van der Waals surface area contributed by atoms with Gasteiger partial charge in [-0.25, -0.2) is 0 Å². The van der Waals surface area contributed by atoms with Crippen LogP contribution in [0.4, 0.5) is 0 Å². The Morgan fingerprint density at radius 1 is 1.64 bits per heavy atom. The third kappa shape index (κ3) is 1.55. The molecule has 3 nitrogen and oxygen atoms in total. The second-order valence-corrected chi connectivity index (χ2v) is 2.19. The van der Waals surface area contributed by atoms with E-state index in [-0.39, 0.29) is 0 Å². The molecule has 0 atom stereocenters. The summed E-state index contributed by atoms with van der Waals surface area (Å²) in [7, 11) is 1.51. The monoisotopic (exact) mass is 151 g/mol. The van der Waals surface area contributed by atoms with Gasteiger partial charge in [-0.3, -0.25) is 9.78 Å². The molecular formula is C8H9NO2. The maximum absolute atomic E-state index is 10.4. The van der Waals surface area contributed by atoms with E-state index in [2.05, 4.69) is 4.98 Å². The average Bonchev–Trinajstić information content (AvgIpc) is 2.04. The summed E-state index contributed by atoms with van der Waals surface area (Å²) >= 11 is 0. The summed E-state index contributed by atoms with van der Waals surface area (Å²) in [5.74, 6) is 0.519. The number of carbonyl (C=O) groups is 1. The number of hydrogen-bond acceptors (Lipinski definition) is 3.